The summed E-state index contributed by atoms with van der Waals surface area (Å²) in [6.07, 6.45) is 5.52. The van der Waals surface area contributed by atoms with Crippen LogP contribution in [0, 0.1) is 0 Å². The molecule has 0 unspecified atom stereocenters. The van der Waals surface area contributed by atoms with Crippen molar-refractivity contribution in [3.8, 4) is 22.9 Å². The second-order valence-electron chi connectivity index (χ2n) is 6.35. The maximum atomic E-state index is 11.0. The van der Waals surface area contributed by atoms with Gasteiger partial charge in [-0.2, -0.15) is 4.98 Å². The molecule has 8 heteroatoms. The van der Waals surface area contributed by atoms with Crippen LogP contribution in [-0.2, 0) is 4.79 Å². The zero-order chi connectivity index (χ0) is 21.1. The highest BCUT2D eigenvalue weighted by atomic mass is 16.5. The molecule has 0 atom stereocenters. The fourth-order valence-electron chi connectivity index (χ4n) is 3.19. The fraction of sp³-hybridized carbons (Fsp3) is 0.136. The van der Waals surface area contributed by atoms with Crippen molar-refractivity contribution in [1.29, 1.82) is 0 Å². The van der Waals surface area contributed by atoms with Crippen molar-refractivity contribution in [1.82, 2.24) is 14.5 Å². The lowest BCUT2D eigenvalue weighted by molar-refractivity contribution is 0.324. The Labute approximate surface area is 173 Å². The van der Waals surface area contributed by atoms with Gasteiger partial charge in [0, 0.05) is 46.9 Å². The van der Waals surface area contributed by atoms with Crippen molar-refractivity contribution in [3.05, 3.63) is 60.4 Å². The number of aromatic nitrogens is 3. The number of ether oxygens (including phenoxy) is 3. The van der Waals surface area contributed by atoms with Gasteiger partial charge in [-0.05, 0) is 18.2 Å². The highest BCUT2D eigenvalue weighted by molar-refractivity contribution is 5.81. The van der Waals surface area contributed by atoms with Crippen molar-refractivity contribution >= 4 is 29.0 Å². The molecule has 0 aliphatic heterocycles. The summed E-state index contributed by atoms with van der Waals surface area (Å²) in [4.78, 5) is 20.0. The van der Waals surface area contributed by atoms with E-state index in [1.165, 1.54) is 0 Å². The Morgan fingerprint density at radius 1 is 1.00 bits per heavy atom. The number of nitrogens with one attached hydrogen (secondary N) is 1. The van der Waals surface area contributed by atoms with Gasteiger partial charge in [-0.25, -0.2) is 4.98 Å². The average Bonchev–Trinajstić information content (AvgIpc) is 3.21. The van der Waals surface area contributed by atoms with E-state index < -0.39 is 0 Å². The van der Waals surface area contributed by atoms with Crippen molar-refractivity contribution in [3.63, 3.8) is 0 Å². The molecule has 0 bridgehead atoms. The first kappa shape index (κ1) is 19.3. The number of hydrogen-bond donors (Lipinski definition) is 1. The molecule has 0 saturated heterocycles. The quantitative estimate of drug-likeness (QED) is 0.504. The number of carbonyl (C=O) groups excluding carboxylic acids is 1. The zero-order valence-electron chi connectivity index (χ0n) is 16.7. The second kappa shape index (κ2) is 8.12. The minimum absolute atomic E-state index is 0.398. The van der Waals surface area contributed by atoms with Crippen molar-refractivity contribution in [2.45, 2.75) is 0 Å². The number of benzene rings is 2. The number of anilines is 2. The molecule has 0 spiro atoms. The Bertz CT molecular complexity index is 1190. The van der Waals surface area contributed by atoms with Crippen molar-refractivity contribution in [2.75, 3.05) is 26.6 Å². The predicted octanol–water partition coefficient (Wildman–Crippen LogP) is 3.65. The van der Waals surface area contributed by atoms with Crippen LogP contribution in [0.2, 0.25) is 0 Å². The molecule has 0 aliphatic rings. The SMILES string of the molecule is COc1cc(Nc2ncc3ccn(-c4cccc([C]=O)c4)c3n2)cc(OC)c1OC. The van der Waals surface area contributed by atoms with Gasteiger partial charge in [0.05, 0.1) is 21.3 Å². The highest BCUT2D eigenvalue weighted by Crippen LogP contribution is 2.40. The van der Waals surface area contributed by atoms with Gasteiger partial charge in [0.1, 0.15) is 5.65 Å². The summed E-state index contributed by atoms with van der Waals surface area (Å²) in [5.41, 5.74) is 2.66. The van der Waals surface area contributed by atoms with E-state index in [-0.39, 0.29) is 0 Å². The summed E-state index contributed by atoms with van der Waals surface area (Å²) in [5.74, 6) is 1.94. The molecule has 30 heavy (non-hydrogen) atoms. The van der Waals surface area contributed by atoms with Crippen LogP contribution in [-0.4, -0.2) is 42.2 Å². The third-order valence-electron chi connectivity index (χ3n) is 4.59. The van der Waals surface area contributed by atoms with Crippen LogP contribution in [0.5, 0.6) is 17.2 Å². The maximum absolute atomic E-state index is 11.0. The van der Waals surface area contributed by atoms with E-state index in [0.717, 1.165) is 11.1 Å². The van der Waals surface area contributed by atoms with Crippen molar-refractivity contribution < 1.29 is 19.0 Å². The van der Waals surface area contributed by atoms with E-state index in [4.69, 9.17) is 14.2 Å². The van der Waals surface area contributed by atoms with E-state index >= 15 is 0 Å². The van der Waals surface area contributed by atoms with Crippen LogP contribution in [0.15, 0.2) is 54.9 Å². The third kappa shape index (κ3) is 3.50. The summed E-state index contributed by atoms with van der Waals surface area (Å²) in [5, 5.41) is 4.04. The molecule has 2 aromatic carbocycles. The Kier molecular flexibility index (Phi) is 5.21. The first-order chi connectivity index (χ1) is 14.7. The zero-order valence-corrected chi connectivity index (χ0v) is 16.7. The summed E-state index contributed by atoms with van der Waals surface area (Å²) < 4.78 is 18.0. The molecular weight excluding hydrogens is 384 g/mol. The van der Waals surface area contributed by atoms with E-state index in [1.807, 2.05) is 29.2 Å². The lowest BCUT2D eigenvalue weighted by atomic mass is 10.2. The number of rotatable bonds is 7. The van der Waals surface area contributed by atoms with Crippen LogP contribution < -0.4 is 19.5 Å². The molecule has 4 aromatic rings. The molecular formula is C22H19N4O4. The molecule has 0 fully saturated rings. The van der Waals surface area contributed by atoms with Gasteiger partial charge in [0.15, 0.2) is 11.5 Å². The first-order valence-corrected chi connectivity index (χ1v) is 9.06. The largest absolute Gasteiger partial charge is 0.493 e. The number of fused-ring (bicyclic) bond motifs is 1. The van der Waals surface area contributed by atoms with E-state index in [2.05, 4.69) is 15.3 Å². The number of nitrogens with zero attached hydrogens (tertiary/aromatic N) is 3. The summed E-state index contributed by atoms with van der Waals surface area (Å²) >= 11 is 0. The molecule has 1 N–H and O–H groups in total. The van der Waals surface area contributed by atoms with Crippen LogP contribution in [0.1, 0.15) is 5.56 Å². The van der Waals surface area contributed by atoms with Crippen LogP contribution >= 0.6 is 0 Å². The summed E-state index contributed by atoms with van der Waals surface area (Å²) in [7, 11) is 4.67. The molecule has 1 radical (unpaired) electrons. The fourth-order valence-corrected chi connectivity index (χ4v) is 3.19. The normalized spacial score (nSPS) is 10.6. The predicted molar refractivity (Wildman–Crippen MR) is 113 cm³/mol. The van der Waals surface area contributed by atoms with Gasteiger partial charge in [0.2, 0.25) is 18.0 Å². The van der Waals surface area contributed by atoms with Crippen LogP contribution in [0.4, 0.5) is 11.6 Å². The van der Waals surface area contributed by atoms with Gasteiger partial charge in [-0.1, -0.05) is 12.1 Å². The molecule has 0 saturated carbocycles. The Morgan fingerprint density at radius 3 is 2.43 bits per heavy atom. The van der Waals surface area contributed by atoms with Crippen LogP contribution in [0.3, 0.4) is 0 Å². The molecule has 8 nitrogen and oxygen atoms in total. The first-order valence-electron chi connectivity index (χ1n) is 9.06. The Morgan fingerprint density at radius 2 is 1.77 bits per heavy atom. The average molecular weight is 403 g/mol. The van der Waals surface area contributed by atoms with Gasteiger partial charge in [0.25, 0.3) is 0 Å². The second-order valence-corrected chi connectivity index (χ2v) is 6.35. The molecule has 2 heterocycles. The van der Waals surface area contributed by atoms with E-state index in [0.29, 0.717) is 40.1 Å². The third-order valence-corrected chi connectivity index (χ3v) is 4.59. The molecule has 4 rings (SSSR count). The Balaban J connectivity index is 1.73. The summed E-state index contributed by atoms with van der Waals surface area (Å²) in [6.45, 7) is 0. The highest BCUT2D eigenvalue weighted by Gasteiger charge is 2.14. The molecule has 0 aliphatic carbocycles. The van der Waals surface area contributed by atoms with Crippen molar-refractivity contribution in [2.24, 2.45) is 0 Å². The van der Waals surface area contributed by atoms with Gasteiger partial charge >= 0.3 is 0 Å². The van der Waals surface area contributed by atoms with Gasteiger partial charge in [-0.3, -0.25) is 4.79 Å². The lowest BCUT2D eigenvalue weighted by Gasteiger charge is -2.14. The topological polar surface area (TPSA) is 87.5 Å². The molecule has 0 amide bonds. The summed E-state index contributed by atoms with van der Waals surface area (Å²) in [6, 6.07) is 12.6. The van der Waals surface area contributed by atoms with Gasteiger partial charge < -0.3 is 24.1 Å². The maximum Gasteiger partial charge on any atom is 0.233 e. The minimum atomic E-state index is 0.398. The monoisotopic (exact) mass is 403 g/mol. The molecule has 151 valence electrons. The molecule has 2 aromatic heterocycles. The van der Waals surface area contributed by atoms with Gasteiger partial charge in [-0.15, -0.1) is 0 Å². The minimum Gasteiger partial charge on any atom is -0.493 e. The lowest BCUT2D eigenvalue weighted by Crippen LogP contribution is -2.02. The standard InChI is InChI=1S/C22H19N4O4/c1-28-18-10-16(11-19(29-2)20(18)30-3)24-22-23-12-15-7-8-26(21(15)25-22)17-6-4-5-14(9-17)13-27/h4-12H,1-3H3,(H,23,24,25). The van der Waals surface area contributed by atoms with E-state index in [1.54, 1.807) is 57.9 Å². The number of hydrogen-bond acceptors (Lipinski definition) is 7. The van der Waals surface area contributed by atoms with E-state index in [9.17, 15) is 4.79 Å². The van der Waals surface area contributed by atoms with Crippen LogP contribution in [0.25, 0.3) is 16.7 Å². The number of methoxy groups -OCH3 is 3. The Hall–Kier alpha value is -4.07. The smallest absolute Gasteiger partial charge is 0.233 e.